The van der Waals surface area contributed by atoms with Crippen molar-refractivity contribution in [3.63, 3.8) is 0 Å². The number of aromatic nitrogens is 2. The van der Waals surface area contributed by atoms with Gasteiger partial charge in [-0.15, -0.1) is 24.0 Å². The minimum absolute atomic E-state index is 0. The summed E-state index contributed by atoms with van der Waals surface area (Å²) in [6, 6.07) is 10.5. The van der Waals surface area contributed by atoms with Crippen molar-refractivity contribution in [1.82, 2.24) is 24.7 Å². The molecule has 1 aliphatic rings. The lowest BCUT2D eigenvalue weighted by molar-refractivity contribution is 0.255. The van der Waals surface area contributed by atoms with Gasteiger partial charge >= 0.3 is 0 Å². The number of halogens is 1. The summed E-state index contributed by atoms with van der Waals surface area (Å²) in [7, 11) is 1.87. The molecule has 0 spiro atoms. The summed E-state index contributed by atoms with van der Waals surface area (Å²) in [6.07, 6.45) is 5.15. The lowest BCUT2D eigenvalue weighted by Crippen LogP contribution is -2.41. The quantitative estimate of drug-likeness (QED) is 0.337. The predicted molar refractivity (Wildman–Crippen MR) is 131 cm³/mol. The van der Waals surface area contributed by atoms with Gasteiger partial charge in [0, 0.05) is 45.6 Å². The van der Waals surface area contributed by atoms with Crippen LogP contribution in [-0.2, 0) is 13.1 Å². The molecule has 0 saturated carbocycles. The number of imidazole rings is 1. The SMILES string of the molecule is CCN(CC)CC1CCN(C(=NC)NCc2nccn2Cc2ccccc2)C1.I. The number of nitrogens with zero attached hydrogens (tertiary/aromatic N) is 5. The molecular formula is C22H35IN6. The molecule has 0 aliphatic carbocycles. The van der Waals surface area contributed by atoms with Gasteiger partial charge in [0.25, 0.3) is 0 Å². The number of hydrogen-bond acceptors (Lipinski definition) is 3. The zero-order chi connectivity index (χ0) is 19.8. The molecule has 1 fully saturated rings. The smallest absolute Gasteiger partial charge is 0.194 e. The van der Waals surface area contributed by atoms with Crippen molar-refractivity contribution in [3.8, 4) is 0 Å². The highest BCUT2D eigenvalue weighted by Gasteiger charge is 2.26. The van der Waals surface area contributed by atoms with E-state index in [1.807, 2.05) is 25.5 Å². The van der Waals surface area contributed by atoms with Gasteiger partial charge in [0.05, 0.1) is 6.54 Å². The first kappa shape index (κ1) is 23.7. The summed E-state index contributed by atoms with van der Waals surface area (Å²) >= 11 is 0. The third kappa shape index (κ3) is 6.70. The lowest BCUT2D eigenvalue weighted by Gasteiger charge is -2.24. The van der Waals surface area contributed by atoms with Crippen LogP contribution in [0.15, 0.2) is 47.7 Å². The monoisotopic (exact) mass is 510 g/mol. The number of rotatable bonds is 8. The molecule has 29 heavy (non-hydrogen) atoms. The highest BCUT2D eigenvalue weighted by Crippen LogP contribution is 2.17. The number of guanidine groups is 1. The summed E-state index contributed by atoms with van der Waals surface area (Å²) in [4.78, 5) is 14.0. The van der Waals surface area contributed by atoms with Crippen molar-refractivity contribution in [2.75, 3.05) is 39.8 Å². The number of hydrogen-bond donors (Lipinski definition) is 1. The number of aliphatic imine (C=N–C) groups is 1. The first-order valence-corrected chi connectivity index (χ1v) is 10.4. The van der Waals surface area contributed by atoms with Gasteiger partial charge in [0.15, 0.2) is 5.96 Å². The fraction of sp³-hybridized carbons (Fsp3) is 0.545. The van der Waals surface area contributed by atoms with Crippen molar-refractivity contribution in [3.05, 3.63) is 54.1 Å². The second-order valence-electron chi connectivity index (χ2n) is 7.44. The molecule has 1 unspecified atom stereocenters. The normalized spacial score (nSPS) is 16.9. The Morgan fingerprint density at radius 1 is 1.24 bits per heavy atom. The van der Waals surface area contributed by atoms with Crippen LogP contribution in [0.25, 0.3) is 0 Å². The summed E-state index contributed by atoms with van der Waals surface area (Å²) < 4.78 is 2.20. The predicted octanol–water partition coefficient (Wildman–Crippen LogP) is 3.29. The van der Waals surface area contributed by atoms with E-state index in [1.165, 1.54) is 18.5 Å². The van der Waals surface area contributed by atoms with Gasteiger partial charge in [-0.2, -0.15) is 0 Å². The Hall–Kier alpha value is -1.61. The van der Waals surface area contributed by atoms with E-state index < -0.39 is 0 Å². The molecule has 2 heterocycles. The highest BCUT2D eigenvalue weighted by molar-refractivity contribution is 14.0. The summed E-state index contributed by atoms with van der Waals surface area (Å²) in [5.74, 6) is 2.73. The van der Waals surface area contributed by atoms with Gasteiger partial charge in [-0.25, -0.2) is 4.98 Å². The molecule has 0 amide bonds. The van der Waals surface area contributed by atoms with E-state index >= 15 is 0 Å². The Balaban J connectivity index is 0.00000300. The molecule has 1 atom stereocenters. The van der Waals surface area contributed by atoms with Crippen LogP contribution in [0.2, 0.25) is 0 Å². The zero-order valence-electron chi connectivity index (χ0n) is 17.9. The minimum Gasteiger partial charge on any atom is -0.349 e. The number of likely N-dealkylation sites (tertiary alicyclic amines) is 1. The first-order valence-electron chi connectivity index (χ1n) is 10.4. The van der Waals surface area contributed by atoms with E-state index in [1.54, 1.807) is 0 Å². The Kier molecular flexibility index (Phi) is 9.93. The Bertz CT molecular complexity index is 741. The standard InChI is InChI=1S/C22H34N6.HI/c1-4-26(5-2)16-20-11-13-28(18-20)22(23-3)25-15-21-24-12-14-27(21)17-19-9-7-6-8-10-19;/h6-10,12,14,20H,4-5,11,13,15-18H2,1-3H3,(H,23,25);1H. The van der Waals surface area contributed by atoms with Gasteiger partial charge in [0.1, 0.15) is 5.82 Å². The van der Waals surface area contributed by atoms with Gasteiger partial charge < -0.3 is 19.7 Å². The molecule has 0 bridgehead atoms. The molecule has 0 radical (unpaired) electrons. The van der Waals surface area contributed by atoms with Crippen LogP contribution in [-0.4, -0.2) is 65.1 Å². The second kappa shape index (κ2) is 12.2. The maximum atomic E-state index is 4.54. The van der Waals surface area contributed by atoms with E-state index in [4.69, 9.17) is 0 Å². The maximum Gasteiger partial charge on any atom is 0.194 e. The van der Waals surface area contributed by atoms with Gasteiger partial charge in [-0.3, -0.25) is 4.99 Å². The van der Waals surface area contributed by atoms with Crippen LogP contribution < -0.4 is 5.32 Å². The third-order valence-electron chi connectivity index (χ3n) is 5.61. The van der Waals surface area contributed by atoms with Crippen LogP contribution in [0.1, 0.15) is 31.7 Å². The average Bonchev–Trinajstić information content (AvgIpc) is 3.37. The van der Waals surface area contributed by atoms with Crippen molar-refractivity contribution < 1.29 is 0 Å². The second-order valence-corrected chi connectivity index (χ2v) is 7.44. The summed E-state index contributed by atoms with van der Waals surface area (Å²) in [5, 5.41) is 3.52. The molecule has 1 aromatic heterocycles. The molecular weight excluding hydrogens is 475 g/mol. The molecule has 1 N–H and O–H groups in total. The molecule has 7 heteroatoms. The average molecular weight is 510 g/mol. The molecule has 160 valence electrons. The Morgan fingerprint density at radius 2 is 2.00 bits per heavy atom. The number of nitrogens with one attached hydrogen (secondary N) is 1. The first-order chi connectivity index (χ1) is 13.7. The van der Waals surface area contributed by atoms with Crippen LogP contribution >= 0.6 is 24.0 Å². The van der Waals surface area contributed by atoms with Gasteiger partial charge in [-0.1, -0.05) is 44.2 Å². The Labute approximate surface area is 192 Å². The van der Waals surface area contributed by atoms with Crippen molar-refractivity contribution in [2.45, 2.75) is 33.4 Å². The van der Waals surface area contributed by atoms with Crippen LogP contribution in [0.3, 0.4) is 0 Å². The molecule has 2 aromatic rings. The van der Waals surface area contributed by atoms with Gasteiger partial charge in [-0.05, 0) is 31.0 Å². The van der Waals surface area contributed by atoms with Crippen molar-refractivity contribution >= 4 is 29.9 Å². The lowest BCUT2D eigenvalue weighted by atomic mass is 10.1. The fourth-order valence-electron chi connectivity index (χ4n) is 3.94. The van der Waals surface area contributed by atoms with Crippen molar-refractivity contribution in [2.24, 2.45) is 10.9 Å². The molecule has 6 nitrogen and oxygen atoms in total. The number of benzene rings is 1. The minimum atomic E-state index is 0. The molecule has 1 aromatic carbocycles. The van der Waals surface area contributed by atoms with Gasteiger partial charge in [0.2, 0.25) is 0 Å². The highest BCUT2D eigenvalue weighted by atomic mass is 127. The maximum absolute atomic E-state index is 4.54. The Morgan fingerprint density at radius 3 is 2.69 bits per heavy atom. The largest absolute Gasteiger partial charge is 0.349 e. The summed E-state index contributed by atoms with van der Waals surface area (Å²) in [6.45, 7) is 11.6. The van der Waals surface area contributed by atoms with E-state index in [-0.39, 0.29) is 24.0 Å². The van der Waals surface area contributed by atoms with Crippen molar-refractivity contribution in [1.29, 1.82) is 0 Å². The summed E-state index contributed by atoms with van der Waals surface area (Å²) in [5.41, 5.74) is 1.28. The molecule has 3 rings (SSSR count). The molecule has 1 aliphatic heterocycles. The zero-order valence-corrected chi connectivity index (χ0v) is 20.3. The third-order valence-corrected chi connectivity index (χ3v) is 5.61. The topological polar surface area (TPSA) is 48.7 Å². The van der Waals surface area contributed by atoms with Crippen LogP contribution in [0, 0.1) is 5.92 Å². The van der Waals surface area contributed by atoms with E-state index in [0.717, 1.165) is 50.4 Å². The van der Waals surface area contributed by atoms with Crippen LogP contribution in [0.4, 0.5) is 0 Å². The van der Waals surface area contributed by atoms with E-state index in [9.17, 15) is 0 Å². The van der Waals surface area contributed by atoms with E-state index in [0.29, 0.717) is 6.54 Å². The molecule has 1 saturated heterocycles. The fourth-order valence-corrected chi connectivity index (χ4v) is 3.94. The van der Waals surface area contributed by atoms with E-state index in [2.05, 4.69) is 67.8 Å². The van der Waals surface area contributed by atoms with Crippen LogP contribution in [0.5, 0.6) is 0 Å².